The molecule has 1 aromatic rings. The van der Waals surface area contributed by atoms with Gasteiger partial charge in [-0.3, -0.25) is 0 Å². The molecule has 0 aliphatic carbocycles. The fourth-order valence-corrected chi connectivity index (χ4v) is 2.61. The van der Waals surface area contributed by atoms with Crippen molar-refractivity contribution >= 4 is 0 Å². The smallest absolute Gasteiger partial charge is 0.184 e. The molecule has 3 rings (SSSR count). The molecule has 92 valence electrons. The Morgan fingerprint density at radius 3 is 2.76 bits per heavy atom. The van der Waals surface area contributed by atoms with Crippen LogP contribution in [0.3, 0.4) is 0 Å². The molecular formula is C14H19NO2. The van der Waals surface area contributed by atoms with Crippen molar-refractivity contribution in [3.8, 4) is 0 Å². The lowest BCUT2D eigenvalue weighted by Crippen LogP contribution is -2.44. The maximum absolute atomic E-state index is 6.00. The van der Waals surface area contributed by atoms with E-state index in [1.807, 2.05) is 18.2 Å². The topological polar surface area (TPSA) is 30.5 Å². The molecule has 0 radical (unpaired) electrons. The first-order valence-electron chi connectivity index (χ1n) is 6.49. The molecule has 3 atom stereocenters. The third kappa shape index (κ3) is 2.51. The fourth-order valence-electron chi connectivity index (χ4n) is 2.61. The van der Waals surface area contributed by atoms with Crippen LogP contribution in [0.2, 0.25) is 0 Å². The Labute approximate surface area is 102 Å². The minimum atomic E-state index is -0.176. The highest BCUT2D eigenvalue weighted by atomic mass is 16.7. The molecule has 2 fully saturated rings. The largest absolute Gasteiger partial charge is 0.346 e. The number of hydrogen-bond donors (Lipinski definition) is 1. The van der Waals surface area contributed by atoms with Crippen molar-refractivity contribution in [1.82, 2.24) is 5.32 Å². The predicted molar refractivity (Wildman–Crippen MR) is 65.6 cm³/mol. The van der Waals surface area contributed by atoms with E-state index in [1.54, 1.807) is 0 Å². The Morgan fingerprint density at radius 1 is 1.12 bits per heavy atom. The first-order chi connectivity index (χ1) is 8.43. The van der Waals surface area contributed by atoms with Crippen molar-refractivity contribution < 1.29 is 9.47 Å². The van der Waals surface area contributed by atoms with Crippen molar-refractivity contribution in [2.75, 3.05) is 13.2 Å². The van der Waals surface area contributed by atoms with E-state index < -0.39 is 0 Å². The predicted octanol–water partition coefficient (Wildman–Crippen LogP) is 2.24. The molecule has 0 saturated carbocycles. The van der Waals surface area contributed by atoms with Gasteiger partial charge in [0.05, 0.1) is 12.7 Å². The van der Waals surface area contributed by atoms with Gasteiger partial charge in [0.15, 0.2) is 6.29 Å². The van der Waals surface area contributed by atoms with Crippen LogP contribution in [0.4, 0.5) is 0 Å². The van der Waals surface area contributed by atoms with Crippen LogP contribution in [-0.4, -0.2) is 25.3 Å². The number of piperidine rings is 1. The zero-order chi connectivity index (χ0) is 11.5. The van der Waals surface area contributed by atoms with Crippen LogP contribution in [0.15, 0.2) is 30.3 Å². The summed E-state index contributed by atoms with van der Waals surface area (Å²) in [7, 11) is 0. The summed E-state index contributed by atoms with van der Waals surface area (Å²) in [5.74, 6) is 0. The second kappa shape index (κ2) is 5.17. The Balaban J connectivity index is 1.61. The summed E-state index contributed by atoms with van der Waals surface area (Å²) in [6.07, 6.45) is 3.82. The van der Waals surface area contributed by atoms with Crippen LogP contribution in [-0.2, 0) is 9.47 Å². The molecule has 1 N–H and O–H groups in total. The molecule has 0 unspecified atom stereocenters. The normalized spacial score (nSPS) is 33.8. The van der Waals surface area contributed by atoms with Crippen molar-refractivity contribution in [3.63, 3.8) is 0 Å². The first-order valence-corrected chi connectivity index (χ1v) is 6.49. The van der Waals surface area contributed by atoms with Gasteiger partial charge in [-0.25, -0.2) is 0 Å². The van der Waals surface area contributed by atoms with E-state index in [4.69, 9.17) is 9.47 Å². The SMILES string of the molecule is c1ccc([C@@H]2OC[C@H]([C@@H]3CCCCN3)O2)cc1. The molecule has 17 heavy (non-hydrogen) atoms. The maximum Gasteiger partial charge on any atom is 0.184 e. The van der Waals surface area contributed by atoms with Gasteiger partial charge in [0, 0.05) is 11.6 Å². The minimum absolute atomic E-state index is 0.176. The van der Waals surface area contributed by atoms with Gasteiger partial charge in [0.25, 0.3) is 0 Å². The molecule has 0 spiro atoms. The average Bonchev–Trinajstić information content (AvgIpc) is 2.90. The van der Waals surface area contributed by atoms with Crippen molar-refractivity contribution in [1.29, 1.82) is 0 Å². The zero-order valence-corrected chi connectivity index (χ0v) is 9.97. The van der Waals surface area contributed by atoms with Gasteiger partial charge < -0.3 is 14.8 Å². The lowest BCUT2D eigenvalue weighted by molar-refractivity contribution is -0.0668. The highest BCUT2D eigenvalue weighted by Crippen LogP contribution is 2.29. The van der Waals surface area contributed by atoms with E-state index in [-0.39, 0.29) is 12.4 Å². The van der Waals surface area contributed by atoms with Crippen LogP contribution >= 0.6 is 0 Å². The van der Waals surface area contributed by atoms with Crippen molar-refractivity contribution in [2.24, 2.45) is 0 Å². The van der Waals surface area contributed by atoms with Crippen molar-refractivity contribution in [3.05, 3.63) is 35.9 Å². The molecule has 2 aliphatic heterocycles. The number of nitrogens with one attached hydrogen (secondary N) is 1. The summed E-state index contributed by atoms with van der Waals surface area (Å²) >= 11 is 0. The van der Waals surface area contributed by atoms with Crippen LogP contribution in [0.25, 0.3) is 0 Å². The fraction of sp³-hybridized carbons (Fsp3) is 0.571. The molecule has 3 nitrogen and oxygen atoms in total. The van der Waals surface area contributed by atoms with Gasteiger partial charge in [-0.1, -0.05) is 36.8 Å². The van der Waals surface area contributed by atoms with Gasteiger partial charge in [-0.2, -0.15) is 0 Å². The van der Waals surface area contributed by atoms with E-state index in [9.17, 15) is 0 Å². The van der Waals surface area contributed by atoms with Crippen LogP contribution in [0.1, 0.15) is 31.1 Å². The lowest BCUT2D eigenvalue weighted by atomic mass is 10.0. The van der Waals surface area contributed by atoms with Crippen molar-refractivity contribution in [2.45, 2.75) is 37.7 Å². The number of hydrogen-bond acceptors (Lipinski definition) is 3. The van der Waals surface area contributed by atoms with Gasteiger partial charge in [-0.15, -0.1) is 0 Å². The van der Waals surface area contributed by atoms with E-state index in [0.29, 0.717) is 12.6 Å². The molecule has 0 aromatic heterocycles. The number of ether oxygens (including phenoxy) is 2. The van der Waals surface area contributed by atoms with Crippen LogP contribution in [0.5, 0.6) is 0 Å². The van der Waals surface area contributed by atoms with Crippen LogP contribution < -0.4 is 5.32 Å². The summed E-state index contributed by atoms with van der Waals surface area (Å²) in [5, 5.41) is 3.53. The Morgan fingerprint density at radius 2 is 2.00 bits per heavy atom. The van der Waals surface area contributed by atoms with Crippen LogP contribution in [0, 0.1) is 0 Å². The number of benzene rings is 1. The van der Waals surface area contributed by atoms with Gasteiger partial charge in [0.1, 0.15) is 0 Å². The molecule has 0 bridgehead atoms. The number of rotatable bonds is 2. The third-order valence-electron chi connectivity index (χ3n) is 3.58. The zero-order valence-electron chi connectivity index (χ0n) is 9.97. The second-order valence-electron chi connectivity index (χ2n) is 4.81. The molecule has 2 aliphatic rings. The first kappa shape index (κ1) is 11.2. The van der Waals surface area contributed by atoms with E-state index in [1.165, 1.54) is 19.3 Å². The quantitative estimate of drug-likeness (QED) is 0.849. The molecule has 2 heterocycles. The van der Waals surface area contributed by atoms with Gasteiger partial charge in [-0.05, 0) is 19.4 Å². The molecule has 0 amide bonds. The summed E-state index contributed by atoms with van der Waals surface area (Å²) in [5.41, 5.74) is 1.12. The molecular weight excluding hydrogens is 214 g/mol. The van der Waals surface area contributed by atoms with E-state index in [2.05, 4.69) is 17.4 Å². The summed E-state index contributed by atoms with van der Waals surface area (Å²) in [6, 6.07) is 10.6. The second-order valence-corrected chi connectivity index (χ2v) is 4.81. The highest BCUT2D eigenvalue weighted by Gasteiger charge is 2.33. The lowest BCUT2D eigenvalue weighted by Gasteiger charge is -2.27. The standard InChI is InChI=1S/C14H19NO2/c1-2-6-11(7-3-1)14-16-10-13(17-14)12-8-4-5-9-15-12/h1-3,6-7,12-15H,4-5,8-10H2/t12-,13+,14+/m0/s1. The Bertz CT molecular complexity index is 348. The summed E-state index contributed by atoms with van der Waals surface area (Å²) in [4.78, 5) is 0. The molecule has 2 saturated heterocycles. The third-order valence-corrected chi connectivity index (χ3v) is 3.58. The maximum atomic E-state index is 6.00. The Hall–Kier alpha value is -0.900. The van der Waals surface area contributed by atoms with Gasteiger partial charge >= 0.3 is 0 Å². The van der Waals surface area contributed by atoms with E-state index in [0.717, 1.165) is 12.1 Å². The highest BCUT2D eigenvalue weighted by molar-refractivity contribution is 5.16. The summed E-state index contributed by atoms with van der Waals surface area (Å²) < 4.78 is 11.7. The minimum Gasteiger partial charge on any atom is -0.346 e. The molecule has 3 heteroatoms. The van der Waals surface area contributed by atoms with E-state index >= 15 is 0 Å². The average molecular weight is 233 g/mol. The Kier molecular flexibility index (Phi) is 3.41. The molecule has 1 aromatic carbocycles. The summed E-state index contributed by atoms with van der Waals surface area (Å²) in [6.45, 7) is 1.82. The monoisotopic (exact) mass is 233 g/mol. The van der Waals surface area contributed by atoms with Gasteiger partial charge in [0.2, 0.25) is 0 Å².